The molecule has 0 spiro atoms. The summed E-state index contributed by atoms with van der Waals surface area (Å²) in [7, 11) is -3.86. The molecule has 0 aliphatic heterocycles. The van der Waals surface area contributed by atoms with Crippen LogP contribution in [0.3, 0.4) is 0 Å². The van der Waals surface area contributed by atoms with Crippen molar-refractivity contribution in [1.82, 2.24) is 0 Å². The Balaban J connectivity index is 1.75. The first-order valence-corrected chi connectivity index (χ1v) is 9.16. The first-order valence-electron chi connectivity index (χ1n) is 7.55. The molecular formula is C14H25NO3S. The Morgan fingerprint density at radius 3 is 1.95 bits per heavy atom. The molecule has 0 aromatic carbocycles. The molecule has 3 N–H and O–H groups in total. The van der Waals surface area contributed by atoms with Crippen LogP contribution in [0.5, 0.6) is 0 Å². The maximum atomic E-state index is 11.0. The Labute approximate surface area is 115 Å². The molecule has 4 nitrogen and oxygen atoms in total. The lowest BCUT2D eigenvalue weighted by Crippen LogP contribution is -2.51. The van der Waals surface area contributed by atoms with Gasteiger partial charge in [-0.05, 0) is 80.6 Å². The topological polar surface area (TPSA) is 80.4 Å². The van der Waals surface area contributed by atoms with E-state index in [0.29, 0.717) is 13.0 Å². The zero-order valence-electron chi connectivity index (χ0n) is 11.4. The third kappa shape index (κ3) is 2.69. The third-order valence-corrected chi connectivity index (χ3v) is 6.71. The lowest BCUT2D eigenvalue weighted by Gasteiger charge is -2.59. The summed E-state index contributed by atoms with van der Waals surface area (Å²) in [5.74, 6) is 2.70. The van der Waals surface area contributed by atoms with Gasteiger partial charge >= 0.3 is 0 Å². The normalized spacial score (nSPS) is 42.5. The van der Waals surface area contributed by atoms with Crippen molar-refractivity contribution in [1.29, 1.82) is 0 Å². The van der Waals surface area contributed by atoms with E-state index in [4.69, 9.17) is 10.3 Å². The maximum absolute atomic E-state index is 11.0. The molecule has 5 heteroatoms. The van der Waals surface area contributed by atoms with E-state index >= 15 is 0 Å². The van der Waals surface area contributed by atoms with Crippen LogP contribution >= 0.6 is 0 Å². The highest BCUT2D eigenvalue weighted by molar-refractivity contribution is 7.85. The molecule has 0 radical (unpaired) electrons. The van der Waals surface area contributed by atoms with Gasteiger partial charge in [-0.25, -0.2) is 0 Å². The molecule has 4 fully saturated rings. The molecule has 110 valence electrons. The molecule has 19 heavy (non-hydrogen) atoms. The smallest absolute Gasteiger partial charge is 0.264 e. The molecule has 4 bridgehead atoms. The van der Waals surface area contributed by atoms with Crippen LogP contribution in [0.4, 0.5) is 0 Å². The van der Waals surface area contributed by atoms with E-state index in [1.165, 1.54) is 38.5 Å². The molecule has 1 atom stereocenters. The predicted octanol–water partition coefficient (Wildman–Crippen LogP) is 2.06. The van der Waals surface area contributed by atoms with Gasteiger partial charge in [-0.2, -0.15) is 8.42 Å². The third-order valence-electron chi connectivity index (χ3n) is 5.96. The van der Waals surface area contributed by atoms with E-state index in [9.17, 15) is 8.42 Å². The summed E-state index contributed by atoms with van der Waals surface area (Å²) >= 11 is 0. The second-order valence-corrected chi connectivity index (χ2v) is 8.86. The average Bonchev–Trinajstić information content (AvgIpc) is 2.25. The van der Waals surface area contributed by atoms with Crippen molar-refractivity contribution < 1.29 is 13.0 Å². The lowest BCUT2D eigenvalue weighted by atomic mass is 9.46. The molecule has 4 saturated carbocycles. The maximum Gasteiger partial charge on any atom is 0.264 e. The molecule has 0 heterocycles. The van der Waals surface area contributed by atoms with Crippen molar-refractivity contribution in [3.8, 4) is 0 Å². The van der Waals surface area contributed by atoms with E-state index in [2.05, 4.69) is 0 Å². The molecule has 4 aliphatic carbocycles. The number of rotatable bonds is 5. The second-order valence-electron chi connectivity index (χ2n) is 7.29. The SMILES string of the molecule is NCC(CCS(=O)(=O)O)C12CC3CC(CC(C3)C1)C2. The van der Waals surface area contributed by atoms with Crippen molar-refractivity contribution in [3.63, 3.8) is 0 Å². The van der Waals surface area contributed by atoms with Gasteiger partial charge in [0.1, 0.15) is 0 Å². The Morgan fingerprint density at radius 2 is 1.58 bits per heavy atom. The first-order chi connectivity index (χ1) is 8.90. The summed E-state index contributed by atoms with van der Waals surface area (Å²) in [6.45, 7) is 0.557. The number of hydrogen-bond acceptors (Lipinski definition) is 3. The van der Waals surface area contributed by atoms with Gasteiger partial charge in [-0.3, -0.25) is 4.55 Å². The number of hydrogen-bond donors (Lipinski definition) is 2. The summed E-state index contributed by atoms with van der Waals surface area (Å²) in [4.78, 5) is 0. The molecular weight excluding hydrogens is 262 g/mol. The highest BCUT2D eigenvalue weighted by atomic mass is 32.2. The summed E-state index contributed by atoms with van der Waals surface area (Å²) < 4.78 is 31.0. The van der Waals surface area contributed by atoms with Crippen molar-refractivity contribution in [2.75, 3.05) is 12.3 Å². The Hall–Kier alpha value is -0.130. The fourth-order valence-electron chi connectivity index (χ4n) is 5.64. The van der Waals surface area contributed by atoms with Gasteiger partial charge in [0.2, 0.25) is 0 Å². The van der Waals surface area contributed by atoms with Gasteiger partial charge in [0.05, 0.1) is 5.75 Å². The summed E-state index contributed by atoms with van der Waals surface area (Å²) in [5, 5.41) is 0. The Bertz CT molecular complexity index is 410. The van der Waals surface area contributed by atoms with Gasteiger partial charge in [-0.15, -0.1) is 0 Å². The Kier molecular flexibility index (Phi) is 3.43. The van der Waals surface area contributed by atoms with Crippen LogP contribution in [-0.4, -0.2) is 25.3 Å². The van der Waals surface area contributed by atoms with Crippen molar-refractivity contribution in [3.05, 3.63) is 0 Å². The monoisotopic (exact) mass is 287 g/mol. The predicted molar refractivity (Wildman–Crippen MR) is 74.2 cm³/mol. The van der Waals surface area contributed by atoms with Crippen LogP contribution in [0.2, 0.25) is 0 Å². The molecule has 0 amide bonds. The van der Waals surface area contributed by atoms with Crippen LogP contribution in [-0.2, 0) is 10.1 Å². The van der Waals surface area contributed by atoms with Gasteiger partial charge in [0, 0.05) is 0 Å². The summed E-state index contributed by atoms with van der Waals surface area (Å²) in [5.41, 5.74) is 6.23. The van der Waals surface area contributed by atoms with Gasteiger partial charge in [-0.1, -0.05) is 0 Å². The molecule has 4 aliphatic rings. The van der Waals surface area contributed by atoms with Crippen LogP contribution in [0.15, 0.2) is 0 Å². The quantitative estimate of drug-likeness (QED) is 0.758. The van der Waals surface area contributed by atoms with Crippen molar-refractivity contribution in [2.45, 2.75) is 44.9 Å². The lowest BCUT2D eigenvalue weighted by molar-refractivity contribution is -0.0857. The van der Waals surface area contributed by atoms with E-state index < -0.39 is 10.1 Å². The van der Waals surface area contributed by atoms with Gasteiger partial charge in [0.15, 0.2) is 0 Å². The largest absolute Gasteiger partial charge is 0.330 e. The van der Waals surface area contributed by atoms with Crippen molar-refractivity contribution >= 4 is 10.1 Å². The standard InChI is InChI=1S/C14H25NO3S/c15-9-13(1-2-19(16,17)18)14-6-10-3-11(7-14)5-12(4-10)8-14/h10-13H,1-9,15H2,(H,16,17,18). The van der Waals surface area contributed by atoms with Crippen molar-refractivity contribution in [2.24, 2.45) is 34.8 Å². The molecule has 0 aromatic rings. The second kappa shape index (κ2) is 4.71. The van der Waals surface area contributed by atoms with Gasteiger partial charge < -0.3 is 5.73 Å². The average molecular weight is 287 g/mol. The molecule has 0 aromatic heterocycles. The molecule has 4 rings (SSSR count). The number of nitrogens with two attached hydrogens (primary N) is 1. The minimum absolute atomic E-state index is 0.128. The fourth-order valence-corrected chi connectivity index (χ4v) is 6.23. The Morgan fingerprint density at radius 1 is 1.11 bits per heavy atom. The highest BCUT2D eigenvalue weighted by Gasteiger charge is 2.53. The molecule has 0 saturated heterocycles. The minimum atomic E-state index is -3.86. The zero-order valence-corrected chi connectivity index (χ0v) is 12.2. The van der Waals surface area contributed by atoms with Crippen LogP contribution in [0.25, 0.3) is 0 Å². The van der Waals surface area contributed by atoms with Gasteiger partial charge in [0.25, 0.3) is 10.1 Å². The van der Waals surface area contributed by atoms with Crippen LogP contribution < -0.4 is 5.73 Å². The van der Waals surface area contributed by atoms with Crippen LogP contribution in [0, 0.1) is 29.1 Å². The summed E-state index contributed by atoms with van der Waals surface area (Å²) in [6.07, 6.45) is 8.41. The first kappa shape index (κ1) is 13.8. The molecule has 1 unspecified atom stereocenters. The zero-order chi connectivity index (χ0) is 13.7. The van der Waals surface area contributed by atoms with Crippen LogP contribution in [0.1, 0.15) is 44.9 Å². The van der Waals surface area contributed by atoms with E-state index in [1.807, 2.05) is 0 Å². The van der Waals surface area contributed by atoms with E-state index in [1.54, 1.807) is 0 Å². The minimum Gasteiger partial charge on any atom is -0.330 e. The fraction of sp³-hybridized carbons (Fsp3) is 1.00. The van der Waals surface area contributed by atoms with E-state index in [-0.39, 0.29) is 17.1 Å². The highest BCUT2D eigenvalue weighted by Crippen LogP contribution is 2.63. The van der Waals surface area contributed by atoms with E-state index in [0.717, 1.165) is 17.8 Å². The summed E-state index contributed by atoms with van der Waals surface area (Å²) in [6, 6.07) is 0.